The Morgan fingerprint density at radius 3 is 2.64 bits per heavy atom. The fourth-order valence-electron chi connectivity index (χ4n) is 0.918. The Morgan fingerprint density at radius 2 is 2.21 bits per heavy atom. The molecule has 74 valence electrons. The number of rotatable bonds is 3. The van der Waals surface area contributed by atoms with Crippen LogP contribution in [0.4, 0.5) is 5.69 Å². The van der Waals surface area contributed by atoms with E-state index in [0.717, 1.165) is 6.07 Å². The number of carboxylic acid groups (broad SMARTS) is 1. The minimum absolute atomic E-state index is 0.268. The maximum atomic E-state index is 10.6. The van der Waals surface area contributed by atoms with Crippen LogP contribution in [0.15, 0.2) is 18.2 Å². The van der Waals surface area contributed by atoms with Crippen LogP contribution in [0.1, 0.15) is 10.4 Å². The van der Waals surface area contributed by atoms with Gasteiger partial charge < -0.3 is 8.93 Å². The fourth-order valence-corrected chi connectivity index (χ4v) is 1.26. The van der Waals surface area contributed by atoms with Crippen LogP contribution in [0.5, 0.6) is 5.75 Å². The number of nitro benzene ring substituents is 1. The van der Waals surface area contributed by atoms with Gasteiger partial charge in [-0.1, -0.05) is 6.07 Å². The molecule has 1 N–H and O–H groups in total. The van der Waals surface area contributed by atoms with Crippen LogP contribution in [0.3, 0.4) is 0 Å². The first-order chi connectivity index (χ1) is 6.57. The van der Waals surface area contributed by atoms with Gasteiger partial charge in [-0.25, -0.2) is 4.79 Å². The Kier molecular flexibility index (Phi) is 3.03. The minimum atomic E-state index is -1.29. The number of nitro groups is 1. The molecule has 0 aromatic heterocycles. The van der Waals surface area contributed by atoms with Crippen molar-refractivity contribution in [3.8, 4) is 5.75 Å². The van der Waals surface area contributed by atoms with Crippen molar-refractivity contribution in [1.29, 1.82) is 0 Å². The van der Waals surface area contributed by atoms with Gasteiger partial charge in [-0.05, 0) is 6.07 Å². The predicted molar refractivity (Wildman–Crippen MR) is 49.6 cm³/mol. The summed E-state index contributed by atoms with van der Waals surface area (Å²) in [4.78, 5) is 20.4. The van der Waals surface area contributed by atoms with Gasteiger partial charge in [0.2, 0.25) is 5.75 Å². The summed E-state index contributed by atoms with van der Waals surface area (Å²) in [6.45, 7) is 0. The molecule has 0 aliphatic rings. The largest absolute Gasteiger partial charge is 0.478 e. The highest BCUT2D eigenvalue weighted by molar-refractivity contribution is 9.06. The van der Waals surface area contributed by atoms with Crippen LogP contribution >= 0.6 is 16.3 Å². The number of halogens is 1. The first kappa shape index (κ1) is 10.5. The molecule has 6 nitrogen and oxygen atoms in total. The van der Waals surface area contributed by atoms with Crippen LogP contribution in [0.25, 0.3) is 0 Å². The molecular weight excluding hydrogens is 258 g/mol. The second kappa shape index (κ2) is 4.05. The summed E-state index contributed by atoms with van der Waals surface area (Å²) in [6, 6.07) is 3.64. The summed E-state index contributed by atoms with van der Waals surface area (Å²) < 4.78 is 4.49. The lowest BCUT2D eigenvalue weighted by Crippen LogP contribution is -2.01. The molecule has 0 spiro atoms. The molecule has 0 unspecified atom stereocenters. The van der Waals surface area contributed by atoms with Crippen molar-refractivity contribution < 1.29 is 18.7 Å². The van der Waals surface area contributed by atoms with Crippen LogP contribution < -0.4 is 3.83 Å². The Balaban J connectivity index is 3.39. The summed E-state index contributed by atoms with van der Waals surface area (Å²) in [5, 5.41) is 19.1. The molecule has 0 saturated heterocycles. The number of benzene rings is 1. The minimum Gasteiger partial charge on any atom is -0.478 e. The van der Waals surface area contributed by atoms with Crippen molar-refractivity contribution in [2.45, 2.75) is 0 Å². The van der Waals surface area contributed by atoms with Crippen LogP contribution in [-0.4, -0.2) is 16.0 Å². The molecular formula is C7H4BrNO5. The van der Waals surface area contributed by atoms with Gasteiger partial charge in [-0.3, -0.25) is 10.1 Å². The number of hydrogen-bond donors (Lipinski definition) is 1. The lowest BCUT2D eigenvalue weighted by molar-refractivity contribution is -0.385. The summed E-state index contributed by atoms with van der Waals surface area (Å²) >= 11 is 2.53. The number of aromatic carboxylic acids is 1. The van der Waals surface area contributed by atoms with Gasteiger partial charge in [-0.15, -0.1) is 0 Å². The zero-order valence-electron chi connectivity index (χ0n) is 6.64. The van der Waals surface area contributed by atoms with E-state index in [2.05, 4.69) is 20.1 Å². The third kappa shape index (κ3) is 1.82. The maximum absolute atomic E-state index is 10.6. The monoisotopic (exact) mass is 261 g/mol. The zero-order valence-corrected chi connectivity index (χ0v) is 8.22. The third-order valence-electron chi connectivity index (χ3n) is 1.50. The molecule has 0 bridgehead atoms. The number of hydrogen-bond acceptors (Lipinski definition) is 4. The lowest BCUT2D eigenvalue weighted by Gasteiger charge is -2.02. The van der Waals surface area contributed by atoms with Crippen molar-refractivity contribution in [2.75, 3.05) is 0 Å². The molecule has 0 heterocycles. The second-order valence-electron chi connectivity index (χ2n) is 2.29. The number of carbonyl (C=O) groups is 1. The molecule has 0 aliphatic carbocycles. The first-order valence-corrected chi connectivity index (χ1v) is 4.02. The summed E-state index contributed by atoms with van der Waals surface area (Å²) in [6.07, 6.45) is 0. The summed E-state index contributed by atoms with van der Waals surface area (Å²) in [5.41, 5.74) is -0.669. The van der Waals surface area contributed by atoms with E-state index in [9.17, 15) is 14.9 Å². The van der Waals surface area contributed by atoms with Gasteiger partial charge in [0, 0.05) is 6.07 Å². The predicted octanol–water partition coefficient (Wildman–Crippen LogP) is 1.98. The molecule has 1 aromatic rings. The zero-order chi connectivity index (χ0) is 10.7. The quantitative estimate of drug-likeness (QED) is 0.664. The third-order valence-corrected chi connectivity index (χ3v) is 1.82. The second-order valence-corrected chi connectivity index (χ2v) is 2.62. The summed E-state index contributed by atoms with van der Waals surface area (Å²) in [5.74, 6) is -1.60. The van der Waals surface area contributed by atoms with Gasteiger partial charge >= 0.3 is 11.7 Å². The number of para-hydroxylation sites is 1. The average molecular weight is 262 g/mol. The number of nitrogens with zero attached hydrogens (tertiary/aromatic N) is 1. The first-order valence-electron chi connectivity index (χ1n) is 3.37. The Labute approximate surface area is 86.7 Å². The van der Waals surface area contributed by atoms with Crippen molar-refractivity contribution in [3.05, 3.63) is 33.9 Å². The highest BCUT2D eigenvalue weighted by atomic mass is 79.9. The molecule has 0 radical (unpaired) electrons. The smallest absolute Gasteiger partial charge is 0.339 e. The van der Waals surface area contributed by atoms with Crippen molar-refractivity contribution in [2.24, 2.45) is 0 Å². The van der Waals surface area contributed by atoms with E-state index in [0.29, 0.717) is 0 Å². The topological polar surface area (TPSA) is 89.7 Å². The van der Waals surface area contributed by atoms with Gasteiger partial charge in [0.15, 0.2) is 16.3 Å². The normalized spacial score (nSPS) is 9.50. The fraction of sp³-hybridized carbons (Fsp3) is 0. The molecule has 7 heteroatoms. The Bertz CT molecular complexity index is 359. The Morgan fingerprint density at radius 1 is 1.57 bits per heavy atom. The van der Waals surface area contributed by atoms with E-state index in [-0.39, 0.29) is 11.3 Å². The molecule has 0 atom stereocenters. The molecule has 1 rings (SSSR count). The van der Waals surface area contributed by atoms with E-state index >= 15 is 0 Å². The van der Waals surface area contributed by atoms with E-state index in [1.807, 2.05) is 0 Å². The maximum Gasteiger partial charge on any atom is 0.339 e. The van der Waals surface area contributed by atoms with Crippen molar-refractivity contribution in [3.63, 3.8) is 0 Å². The molecule has 0 aliphatic heterocycles. The summed E-state index contributed by atoms with van der Waals surface area (Å²) in [7, 11) is 0. The van der Waals surface area contributed by atoms with E-state index in [1.165, 1.54) is 12.1 Å². The van der Waals surface area contributed by atoms with Gasteiger partial charge in [0.1, 0.15) is 5.56 Å². The molecule has 14 heavy (non-hydrogen) atoms. The molecule has 0 fully saturated rings. The molecule has 0 amide bonds. The molecule has 0 saturated carbocycles. The van der Waals surface area contributed by atoms with E-state index in [4.69, 9.17) is 5.11 Å². The van der Waals surface area contributed by atoms with Gasteiger partial charge in [-0.2, -0.15) is 0 Å². The van der Waals surface area contributed by atoms with Gasteiger partial charge in [0.25, 0.3) is 0 Å². The Hall–Kier alpha value is -1.63. The van der Waals surface area contributed by atoms with Gasteiger partial charge in [0.05, 0.1) is 4.92 Å². The van der Waals surface area contributed by atoms with Crippen molar-refractivity contribution >= 4 is 27.9 Å². The molecule has 1 aromatic carbocycles. The SMILES string of the molecule is O=C(O)c1cccc([N+](=O)[O-])c1OBr. The van der Waals surface area contributed by atoms with Crippen LogP contribution in [0.2, 0.25) is 0 Å². The highest BCUT2D eigenvalue weighted by Gasteiger charge is 2.22. The standard InChI is InChI=1S/C7H4BrNO5/c8-14-6-4(7(10)11)2-1-3-5(6)9(12)13/h1-3H,(H,10,11). The van der Waals surface area contributed by atoms with Crippen LogP contribution in [-0.2, 0) is 0 Å². The highest BCUT2D eigenvalue weighted by Crippen LogP contribution is 2.31. The van der Waals surface area contributed by atoms with Crippen molar-refractivity contribution in [1.82, 2.24) is 0 Å². The van der Waals surface area contributed by atoms with Crippen LogP contribution in [0, 0.1) is 10.1 Å². The van der Waals surface area contributed by atoms with E-state index in [1.54, 1.807) is 0 Å². The average Bonchev–Trinajstić information content (AvgIpc) is 2.16. The number of carboxylic acids is 1. The van der Waals surface area contributed by atoms with E-state index < -0.39 is 16.6 Å². The lowest BCUT2D eigenvalue weighted by atomic mass is 10.2.